The van der Waals surface area contributed by atoms with Crippen LogP contribution in [0, 0.1) is 5.92 Å². The number of para-hydroxylation sites is 1. The number of rotatable bonds is 6. The lowest BCUT2D eigenvalue weighted by Crippen LogP contribution is -2.34. The van der Waals surface area contributed by atoms with Crippen LogP contribution >= 0.6 is 0 Å². The van der Waals surface area contributed by atoms with Crippen molar-refractivity contribution in [2.24, 2.45) is 11.7 Å². The van der Waals surface area contributed by atoms with E-state index < -0.39 is 18.6 Å². The van der Waals surface area contributed by atoms with E-state index >= 15 is 0 Å². The van der Waals surface area contributed by atoms with Gasteiger partial charge in [-0.05, 0) is 18.4 Å². The number of hydrogen-bond donors (Lipinski definition) is 1. The van der Waals surface area contributed by atoms with Crippen LogP contribution in [-0.2, 0) is 0 Å². The van der Waals surface area contributed by atoms with Crippen molar-refractivity contribution in [2.75, 3.05) is 0 Å². The molecule has 1 saturated carbocycles. The summed E-state index contributed by atoms with van der Waals surface area (Å²) in [5.41, 5.74) is 6.26. The van der Waals surface area contributed by atoms with Crippen LogP contribution in [0.15, 0.2) is 24.3 Å². The first-order chi connectivity index (χ1) is 8.90. The third kappa shape index (κ3) is 3.59. The lowest BCUT2D eigenvalue weighted by molar-refractivity contribution is -0.253. The van der Waals surface area contributed by atoms with E-state index in [1.807, 2.05) is 0 Å². The zero-order valence-electron chi connectivity index (χ0n) is 10.2. The lowest BCUT2D eigenvalue weighted by Gasteiger charge is -2.21. The number of benzene rings is 1. The molecule has 1 fully saturated rings. The molecule has 0 bridgehead atoms. The predicted octanol–water partition coefficient (Wildman–Crippen LogP) is 3.72. The van der Waals surface area contributed by atoms with Crippen LogP contribution in [0.1, 0.15) is 30.9 Å². The highest BCUT2D eigenvalue weighted by molar-refractivity contribution is 5.36. The van der Waals surface area contributed by atoms with Gasteiger partial charge in [-0.25, -0.2) is 0 Å². The molecule has 6 heteroatoms. The van der Waals surface area contributed by atoms with Gasteiger partial charge in [0.2, 0.25) is 0 Å². The van der Waals surface area contributed by atoms with E-state index in [1.54, 1.807) is 6.07 Å². The van der Waals surface area contributed by atoms with Crippen LogP contribution < -0.4 is 10.5 Å². The topological polar surface area (TPSA) is 35.2 Å². The summed E-state index contributed by atoms with van der Waals surface area (Å²) in [6.07, 6.45) is -5.58. The summed E-state index contributed by atoms with van der Waals surface area (Å²) < 4.78 is 54.3. The van der Waals surface area contributed by atoms with Gasteiger partial charge in [-0.3, -0.25) is 0 Å². The molecular formula is C13H15F4NO. The fraction of sp³-hybridized carbons (Fsp3) is 0.538. The smallest absolute Gasteiger partial charge is 0.428 e. The number of alkyl halides is 4. The molecule has 2 rings (SSSR count). The minimum Gasteiger partial charge on any atom is -0.428 e. The molecule has 0 spiro atoms. The lowest BCUT2D eigenvalue weighted by atomic mass is 10.0. The third-order valence-corrected chi connectivity index (χ3v) is 3.10. The van der Waals surface area contributed by atoms with Crippen LogP contribution in [-0.4, -0.2) is 12.5 Å². The number of nitrogens with two attached hydrogens (primary N) is 1. The van der Waals surface area contributed by atoms with Crippen molar-refractivity contribution in [2.45, 2.75) is 37.8 Å². The minimum atomic E-state index is -4.50. The van der Waals surface area contributed by atoms with E-state index in [0.29, 0.717) is 17.9 Å². The summed E-state index contributed by atoms with van der Waals surface area (Å²) in [6, 6.07) is 5.36. The average molecular weight is 277 g/mol. The molecule has 1 atom stereocenters. The summed E-state index contributed by atoms with van der Waals surface area (Å²) in [6.45, 7) is 0. The van der Waals surface area contributed by atoms with Crippen molar-refractivity contribution in [3.05, 3.63) is 29.8 Å². The van der Waals surface area contributed by atoms with Crippen LogP contribution in [0.25, 0.3) is 0 Å². The van der Waals surface area contributed by atoms with E-state index in [1.165, 1.54) is 18.2 Å². The second-order valence-electron chi connectivity index (χ2n) is 4.79. The van der Waals surface area contributed by atoms with Crippen LogP contribution in [0.3, 0.4) is 0 Å². The van der Waals surface area contributed by atoms with Gasteiger partial charge in [0, 0.05) is 11.6 Å². The SMILES string of the molecule is N[C@@H](CC1CC1)c1ccccc1OC(F)(F)C(F)F. The Hall–Kier alpha value is -1.30. The van der Waals surface area contributed by atoms with Crippen molar-refractivity contribution in [3.63, 3.8) is 0 Å². The van der Waals surface area contributed by atoms with Crippen LogP contribution in [0.4, 0.5) is 17.6 Å². The van der Waals surface area contributed by atoms with Gasteiger partial charge >= 0.3 is 12.5 Å². The monoisotopic (exact) mass is 277 g/mol. The average Bonchev–Trinajstić information content (AvgIpc) is 3.12. The van der Waals surface area contributed by atoms with E-state index in [-0.39, 0.29) is 5.75 Å². The molecule has 2 nitrogen and oxygen atoms in total. The highest BCUT2D eigenvalue weighted by atomic mass is 19.3. The van der Waals surface area contributed by atoms with Crippen molar-refractivity contribution in [3.8, 4) is 5.75 Å². The predicted molar refractivity (Wildman–Crippen MR) is 62.3 cm³/mol. The quantitative estimate of drug-likeness (QED) is 0.804. The molecule has 0 aromatic heterocycles. The van der Waals surface area contributed by atoms with Gasteiger partial charge in [0.15, 0.2) is 0 Å². The first kappa shape index (κ1) is 14.1. The molecule has 19 heavy (non-hydrogen) atoms. The number of ether oxygens (including phenoxy) is 1. The summed E-state index contributed by atoms with van der Waals surface area (Å²) in [7, 11) is 0. The van der Waals surface area contributed by atoms with Gasteiger partial charge in [0.25, 0.3) is 0 Å². The third-order valence-electron chi connectivity index (χ3n) is 3.10. The second-order valence-corrected chi connectivity index (χ2v) is 4.79. The Morgan fingerprint density at radius 1 is 1.26 bits per heavy atom. The minimum absolute atomic E-state index is 0.277. The Labute approximate surface area is 108 Å². The molecule has 2 N–H and O–H groups in total. The first-order valence-corrected chi connectivity index (χ1v) is 6.09. The van der Waals surface area contributed by atoms with E-state index in [9.17, 15) is 17.6 Å². The van der Waals surface area contributed by atoms with Gasteiger partial charge in [-0.2, -0.15) is 17.6 Å². The summed E-state index contributed by atoms with van der Waals surface area (Å²) in [4.78, 5) is 0. The molecule has 0 heterocycles. The van der Waals surface area contributed by atoms with Gasteiger partial charge in [-0.15, -0.1) is 0 Å². The fourth-order valence-corrected chi connectivity index (χ4v) is 1.91. The van der Waals surface area contributed by atoms with E-state index in [0.717, 1.165) is 12.8 Å². The molecule has 0 saturated heterocycles. The molecule has 1 aromatic carbocycles. The normalized spacial score (nSPS) is 17.6. The molecule has 1 aliphatic rings. The van der Waals surface area contributed by atoms with Gasteiger partial charge in [0.05, 0.1) is 0 Å². The Balaban J connectivity index is 2.15. The molecule has 1 aromatic rings. The van der Waals surface area contributed by atoms with Gasteiger partial charge < -0.3 is 10.5 Å². The zero-order chi connectivity index (χ0) is 14.0. The van der Waals surface area contributed by atoms with Crippen LogP contribution in [0.5, 0.6) is 5.75 Å². The summed E-state index contributed by atoms with van der Waals surface area (Å²) in [5, 5.41) is 0. The number of hydrogen-bond acceptors (Lipinski definition) is 2. The maximum Gasteiger partial charge on any atom is 0.461 e. The van der Waals surface area contributed by atoms with Crippen molar-refractivity contribution >= 4 is 0 Å². The Morgan fingerprint density at radius 3 is 2.47 bits per heavy atom. The maximum atomic E-state index is 12.9. The second kappa shape index (κ2) is 5.36. The summed E-state index contributed by atoms with van der Waals surface area (Å²) >= 11 is 0. The van der Waals surface area contributed by atoms with Gasteiger partial charge in [0.1, 0.15) is 5.75 Å². The summed E-state index contributed by atoms with van der Waals surface area (Å²) in [5.74, 6) is 0.222. The number of halogens is 4. The highest BCUT2D eigenvalue weighted by Crippen LogP contribution is 2.39. The standard InChI is InChI=1S/C13H15F4NO/c14-12(15)13(16,17)19-11-4-2-1-3-9(11)10(18)7-8-5-6-8/h1-4,8,10,12H,5-7,18H2/t10-/m0/s1. The van der Waals surface area contributed by atoms with Gasteiger partial charge in [-0.1, -0.05) is 31.0 Å². The highest BCUT2D eigenvalue weighted by Gasteiger charge is 2.44. The molecule has 0 aliphatic heterocycles. The molecule has 1 aliphatic carbocycles. The fourth-order valence-electron chi connectivity index (χ4n) is 1.91. The zero-order valence-corrected chi connectivity index (χ0v) is 10.2. The molecule has 0 radical (unpaired) electrons. The van der Waals surface area contributed by atoms with Crippen molar-refractivity contribution in [1.82, 2.24) is 0 Å². The molecule has 106 valence electrons. The van der Waals surface area contributed by atoms with Crippen molar-refractivity contribution < 1.29 is 22.3 Å². The van der Waals surface area contributed by atoms with Crippen molar-refractivity contribution in [1.29, 1.82) is 0 Å². The maximum absolute atomic E-state index is 12.9. The Morgan fingerprint density at radius 2 is 1.89 bits per heavy atom. The molecule has 0 amide bonds. The Kier molecular flexibility index (Phi) is 3.99. The molecule has 0 unspecified atom stereocenters. The van der Waals surface area contributed by atoms with E-state index in [2.05, 4.69) is 4.74 Å². The molecular weight excluding hydrogens is 262 g/mol. The largest absolute Gasteiger partial charge is 0.461 e. The van der Waals surface area contributed by atoms with Crippen LogP contribution in [0.2, 0.25) is 0 Å². The van der Waals surface area contributed by atoms with E-state index in [4.69, 9.17) is 5.73 Å². The Bertz CT molecular complexity index is 434. The first-order valence-electron chi connectivity index (χ1n) is 6.09.